The van der Waals surface area contributed by atoms with Crippen molar-refractivity contribution in [1.29, 1.82) is 0 Å². The number of aromatic nitrogens is 3. The lowest BCUT2D eigenvalue weighted by molar-refractivity contribution is 0.0591. The molecule has 10 heteroatoms. The maximum atomic E-state index is 13.4. The molecule has 1 unspecified atom stereocenters. The van der Waals surface area contributed by atoms with E-state index in [1.165, 1.54) is 11.3 Å². The van der Waals surface area contributed by atoms with Gasteiger partial charge >= 0.3 is 6.03 Å². The number of rotatable bonds is 4. The van der Waals surface area contributed by atoms with Crippen molar-refractivity contribution in [3.8, 4) is 16.4 Å². The zero-order valence-electron chi connectivity index (χ0n) is 19.9. The molecule has 4 aromatic rings. The van der Waals surface area contributed by atoms with Crippen molar-refractivity contribution in [2.75, 3.05) is 25.0 Å². The Morgan fingerprint density at radius 2 is 1.83 bits per heavy atom. The van der Waals surface area contributed by atoms with Gasteiger partial charge in [-0.3, -0.25) is 4.79 Å². The lowest BCUT2D eigenvalue weighted by atomic mass is 10.1. The highest BCUT2D eigenvalue weighted by molar-refractivity contribution is 7.12. The van der Waals surface area contributed by atoms with Gasteiger partial charge in [-0.2, -0.15) is 5.10 Å². The number of thiazole rings is 1. The zero-order chi connectivity index (χ0) is 25.2. The second kappa shape index (κ2) is 10.1. The van der Waals surface area contributed by atoms with E-state index in [1.807, 2.05) is 49.6 Å². The minimum Gasteiger partial charge on any atom is -0.335 e. The predicted octanol–water partition coefficient (Wildman–Crippen LogP) is 5.34. The Morgan fingerprint density at radius 3 is 2.56 bits per heavy atom. The third-order valence-corrected chi connectivity index (χ3v) is 7.32. The quantitative estimate of drug-likeness (QED) is 0.394. The Labute approximate surface area is 218 Å². The maximum Gasteiger partial charge on any atom is 0.322 e. The molecule has 1 aliphatic heterocycles. The molecular weight excluding hydrogens is 496 g/mol. The molecule has 0 bridgehead atoms. The summed E-state index contributed by atoms with van der Waals surface area (Å²) in [6, 6.07) is 16.6. The first-order chi connectivity index (χ1) is 17.4. The molecule has 1 aliphatic rings. The van der Waals surface area contributed by atoms with E-state index >= 15 is 0 Å². The summed E-state index contributed by atoms with van der Waals surface area (Å²) in [6.07, 6.45) is 1.60. The Hall–Kier alpha value is -3.69. The van der Waals surface area contributed by atoms with E-state index in [9.17, 15) is 9.59 Å². The molecule has 184 valence electrons. The smallest absolute Gasteiger partial charge is 0.322 e. The molecule has 0 aliphatic carbocycles. The number of piperazine rings is 1. The second-order valence-corrected chi connectivity index (χ2v) is 9.94. The van der Waals surface area contributed by atoms with Gasteiger partial charge in [0, 0.05) is 47.3 Å². The number of anilines is 1. The van der Waals surface area contributed by atoms with Crippen LogP contribution in [0.1, 0.15) is 23.0 Å². The van der Waals surface area contributed by atoms with Crippen LogP contribution in [0.4, 0.5) is 10.5 Å². The molecule has 2 aromatic carbocycles. The molecule has 0 saturated carbocycles. The first-order valence-corrected chi connectivity index (χ1v) is 12.8. The van der Waals surface area contributed by atoms with Crippen LogP contribution in [0.25, 0.3) is 16.4 Å². The molecule has 36 heavy (non-hydrogen) atoms. The largest absolute Gasteiger partial charge is 0.335 e. The number of amides is 3. The van der Waals surface area contributed by atoms with Crippen molar-refractivity contribution in [2.24, 2.45) is 0 Å². The number of nitrogens with one attached hydrogen (secondary N) is 1. The van der Waals surface area contributed by atoms with Gasteiger partial charge < -0.3 is 15.1 Å². The molecule has 2 aromatic heterocycles. The van der Waals surface area contributed by atoms with Crippen molar-refractivity contribution < 1.29 is 9.59 Å². The SMILES string of the molecule is Cc1c(C(=O)N2CCN(C(=O)Nc3ccc(Cl)cc3)C(C)C2)cnn1-c1nc(-c2ccccc2)cs1. The summed E-state index contributed by atoms with van der Waals surface area (Å²) in [4.78, 5) is 34.4. The van der Waals surface area contributed by atoms with Crippen LogP contribution in [-0.2, 0) is 0 Å². The molecule has 5 rings (SSSR count). The minimum absolute atomic E-state index is 0.0943. The van der Waals surface area contributed by atoms with Crippen molar-refractivity contribution in [3.05, 3.63) is 82.5 Å². The van der Waals surface area contributed by atoms with E-state index < -0.39 is 0 Å². The number of carbonyl (C=O) groups excluding carboxylic acids is 2. The van der Waals surface area contributed by atoms with Crippen molar-refractivity contribution >= 4 is 40.6 Å². The standard InChI is InChI=1S/C26H25ClN6O2S/c1-17-15-31(12-13-32(17)25(35)29-21-10-8-20(27)9-11-21)24(34)22-14-28-33(18(22)2)26-30-23(16-36-26)19-6-4-3-5-7-19/h3-11,14,16-17H,12-13,15H2,1-2H3,(H,29,35). The van der Waals surface area contributed by atoms with E-state index in [2.05, 4.69) is 10.4 Å². The lowest BCUT2D eigenvalue weighted by Crippen LogP contribution is -2.56. The number of hydrogen-bond donors (Lipinski definition) is 1. The van der Waals surface area contributed by atoms with Gasteiger partial charge in [0.25, 0.3) is 5.91 Å². The summed E-state index contributed by atoms with van der Waals surface area (Å²) in [7, 11) is 0. The molecule has 3 amide bonds. The van der Waals surface area contributed by atoms with Crippen LogP contribution in [0.2, 0.25) is 5.02 Å². The normalized spacial score (nSPS) is 15.7. The molecule has 1 atom stereocenters. The van der Waals surface area contributed by atoms with Gasteiger partial charge in [-0.25, -0.2) is 14.5 Å². The van der Waals surface area contributed by atoms with Crippen LogP contribution in [0, 0.1) is 6.92 Å². The van der Waals surface area contributed by atoms with Crippen LogP contribution in [0.5, 0.6) is 0 Å². The summed E-state index contributed by atoms with van der Waals surface area (Å²) in [5.41, 5.74) is 3.87. The van der Waals surface area contributed by atoms with Gasteiger partial charge in [-0.05, 0) is 38.1 Å². The lowest BCUT2D eigenvalue weighted by Gasteiger charge is -2.39. The third-order valence-electron chi connectivity index (χ3n) is 6.25. The summed E-state index contributed by atoms with van der Waals surface area (Å²) in [5.74, 6) is -0.0943. The van der Waals surface area contributed by atoms with Crippen molar-refractivity contribution in [2.45, 2.75) is 19.9 Å². The average Bonchev–Trinajstić information content (AvgIpc) is 3.52. The van der Waals surface area contributed by atoms with Crippen LogP contribution in [0.15, 0.2) is 66.2 Å². The van der Waals surface area contributed by atoms with Crippen LogP contribution >= 0.6 is 22.9 Å². The number of nitrogens with zero attached hydrogens (tertiary/aromatic N) is 5. The Bertz CT molecular complexity index is 1390. The predicted molar refractivity (Wildman–Crippen MR) is 142 cm³/mol. The fraction of sp³-hybridized carbons (Fsp3) is 0.231. The fourth-order valence-electron chi connectivity index (χ4n) is 4.26. The van der Waals surface area contributed by atoms with E-state index in [4.69, 9.17) is 16.6 Å². The van der Waals surface area contributed by atoms with Crippen molar-refractivity contribution in [3.63, 3.8) is 0 Å². The number of carbonyl (C=O) groups is 2. The van der Waals surface area contributed by atoms with Gasteiger partial charge in [0.15, 0.2) is 0 Å². The van der Waals surface area contributed by atoms with Crippen molar-refractivity contribution in [1.82, 2.24) is 24.6 Å². The highest BCUT2D eigenvalue weighted by Gasteiger charge is 2.31. The molecule has 1 saturated heterocycles. The van der Waals surface area contributed by atoms with Gasteiger partial charge in [0.1, 0.15) is 0 Å². The van der Waals surface area contributed by atoms with E-state index in [0.717, 1.165) is 17.0 Å². The fourth-order valence-corrected chi connectivity index (χ4v) is 5.22. The molecule has 8 nitrogen and oxygen atoms in total. The minimum atomic E-state index is -0.195. The molecule has 1 fully saturated rings. The van der Waals surface area contributed by atoms with Crippen LogP contribution < -0.4 is 5.32 Å². The van der Waals surface area contributed by atoms with Gasteiger partial charge in [0.2, 0.25) is 5.13 Å². The Kier molecular flexibility index (Phi) is 6.75. The summed E-state index contributed by atoms with van der Waals surface area (Å²) < 4.78 is 1.71. The maximum absolute atomic E-state index is 13.4. The number of benzene rings is 2. The molecule has 1 N–H and O–H groups in total. The number of hydrogen-bond acceptors (Lipinski definition) is 5. The van der Waals surface area contributed by atoms with E-state index in [0.29, 0.717) is 41.0 Å². The zero-order valence-corrected chi connectivity index (χ0v) is 21.5. The average molecular weight is 521 g/mol. The van der Waals surface area contributed by atoms with E-state index in [1.54, 1.807) is 44.9 Å². The van der Waals surface area contributed by atoms with Gasteiger partial charge in [-0.15, -0.1) is 11.3 Å². The number of urea groups is 1. The summed E-state index contributed by atoms with van der Waals surface area (Å²) in [5, 5.41) is 10.7. The topological polar surface area (TPSA) is 83.4 Å². The molecule has 3 heterocycles. The first kappa shape index (κ1) is 24.0. The van der Waals surface area contributed by atoms with Gasteiger partial charge in [0.05, 0.1) is 23.1 Å². The third kappa shape index (κ3) is 4.84. The molecule has 0 radical (unpaired) electrons. The second-order valence-electron chi connectivity index (χ2n) is 8.67. The highest BCUT2D eigenvalue weighted by atomic mass is 35.5. The number of halogens is 1. The molecule has 0 spiro atoms. The van der Waals surface area contributed by atoms with E-state index in [-0.39, 0.29) is 18.0 Å². The first-order valence-electron chi connectivity index (χ1n) is 11.6. The Morgan fingerprint density at radius 1 is 1.08 bits per heavy atom. The van der Waals surface area contributed by atoms with Gasteiger partial charge in [-0.1, -0.05) is 41.9 Å². The highest BCUT2D eigenvalue weighted by Crippen LogP contribution is 2.26. The van der Waals surface area contributed by atoms with Crippen LogP contribution in [-0.4, -0.2) is 62.2 Å². The molecular formula is C26H25ClN6O2S. The Balaban J connectivity index is 1.25. The van der Waals surface area contributed by atoms with Crippen LogP contribution in [0.3, 0.4) is 0 Å². The summed E-state index contributed by atoms with van der Waals surface area (Å²) >= 11 is 7.40. The summed E-state index contributed by atoms with van der Waals surface area (Å²) in [6.45, 7) is 5.14. The monoisotopic (exact) mass is 520 g/mol.